The van der Waals surface area contributed by atoms with E-state index in [1.807, 2.05) is 31.3 Å². The van der Waals surface area contributed by atoms with Crippen LogP contribution >= 0.6 is 0 Å². The van der Waals surface area contributed by atoms with Crippen LogP contribution in [0.5, 0.6) is 5.75 Å². The van der Waals surface area contributed by atoms with E-state index in [0.717, 1.165) is 74.0 Å². The Kier molecular flexibility index (Phi) is 13.2. The first-order valence-corrected chi connectivity index (χ1v) is 21.0. The zero-order valence-electron chi connectivity index (χ0n) is 35.1. The second-order valence-electron chi connectivity index (χ2n) is 16.9. The number of likely N-dealkylation sites (tertiary alicyclic amines) is 1. The molecule has 11 nitrogen and oxygen atoms in total. The van der Waals surface area contributed by atoms with Crippen molar-refractivity contribution in [3.8, 4) is 5.75 Å². The summed E-state index contributed by atoms with van der Waals surface area (Å²) in [6.45, 7) is 6.19. The van der Waals surface area contributed by atoms with Crippen LogP contribution in [0.15, 0.2) is 84.9 Å². The van der Waals surface area contributed by atoms with E-state index in [1.165, 1.54) is 66.4 Å². The van der Waals surface area contributed by atoms with Crippen molar-refractivity contribution in [3.63, 3.8) is 0 Å². The molecule has 3 aliphatic heterocycles. The third-order valence-corrected chi connectivity index (χ3v) is 12.8. The zero-order chi connectivity index (χ0) is 43.3. The molecule has 1 unspecified atom stereocenters. The lowest BCUT2D eigenvalue weighted by Crippen LogP contribution is -2.60. The normalized spacial score (nSPS) is 18.3. The van der Waals surface area contributed by atoms with Gasteiger partial charge in [0, 0.05) is 77.0 Å². The molecule has 12 heteroatoms. The van der Waals surface area contributed by atoms with Gasteiger partial charge in [-0.2, -0.15) is 0 Å². The number of carbonyl (C=O) groups is 5. The lowest BCUT2D eigenvalue weighted by atomic mass is 9.72. The number of phenols is 1. The summed E-state index contributed by atoms with van der Waals surface area (Å²) < 4.78 is 13.6. The fourth-order valence-corrected chi connectivity index (χ4v) is 9.56. The van der Waals surface area contributed by atoms with Crippen LogP contribution in [0, 0.1) is 11.2 Å². The maximum atomic E-state index is 13.6. The molecule has 3 heterocycles. The Bertz CT molecular complexity index is 2300. The minimum absolute atomic E-state index is 0.0252. The number of rotatable bonds is 12. The van der Waals surface area contributed by atoms with Gasteiger partial charge in [-0.15, -0.1) is 0 Å². The standard InChI is InChI=1S/C31H31FN2O2.C18H23N3O4/c32-25-6-1-22(2-7-25)28-11-5-24-19-27(36)10-12-29(24)30(28)23-3-8-26(9-4-23)34-15-13-31(14-16-34)20-33(21-31)17-18-35;1-19-17(24)16(5-4-6-22)21(3)18(25)15-8-13-10-20(2)9-12(13)7-14(15)11-23/h1-4,6-12,18-19,30,36H,5,13-17,20-21H2;6-8,11,16H,4-5,9-10H2,1-3H3,(H,19,24)/t30-;/m0./s1. The van der Waals surface area contributed by atoms with Crippen LogP contribution in [0.4, 0.5) is 10.1 Å². The van der Waals surface area contributed by atoms with Gasteiger partial charge in [0.05, 0.1) is 12.1 Å². The number of benzene rings is 4. The van der Waals surface area contributed by atoms with Crippen LogP contribution in [-0.2, 0) is 33.9 Å². The maximum Gasteiger partial charge on any atom is 0.255 e. The third-order valence-electron chi connectivity index (χ3n) is 12.8. The molecule has 2 N–H and O–H groups in total. The highest BCUT2D eigenvalue weighted by Gasteiger charge is 2.44. The number of allylic oxidation sites excluding steroid dienone is 2. The molecular formula is C49H54FN5O6. The molecule has 4 aliphatic rings. The molecule has 2 saturated heterocycles. The van der Waals surface area contributed by atoms with Crippen molar-refractivity contribution in [2.24, 2.45) is 5.41 Å². The Balaban J connectivity index is 0.000000198. The number of amides is 2. The number of phenolic OH excluding ortho intramolecular Hbond substituents is 1. The van der Waals surface area contributed by atoms with Gasteiger partial charge in [0.2, 0.25) is 5.91 Å². The van der Waals surface area contributed by atoms with Crippen LogP contribution < -0.4 is 10.2 Å². The quantitative estimate of drug-likeness (QED) is 0.165. The number of likely N-dealkylation sites (N-methyl/N-ethyl adjacent to an activating group) is 2. The summed E-state index contributed by atoms with van der Waals surface area (Å²) in [5, 5.41) is 12.6. The number of anilines is 1. The molecule has 1 spiro atoms. The summed E-state index contributed by atoms with van der Waals surface area (Å²) in [6.07, 6.45) is 8.09. The third kappa shape index (κ3) is 9.35. The number of nitrogens with one attached hydrogen (secondary N) is 1. The SMILES string of the molecule is CNC(=O)C(CCC=O)N(C)C(=O)c1cc2c(cc1C=O)CN(C)C2.O=CCN1CC2(CCN(c3ccc([C@H]4C(c5ccc(F)cc5)=CCc5cc(O)ccc54)cc3)CC2)C1. The average molecular weight is 828 g/mol. The Morgan fingerprint density at radius 1 is 0.918 bits per heavy atom. The van der Waals surface area contributed by atoms with Crippen LogP contribution in [0.1, 0.15) is 85.7 Å². The van der Waals surface area contributed by atoms with E-state index < -0.39 is 11.9 Å². The minimum atomic E-state index is -0.766. The van der Waals surface area contributed by atoms with Crippen LogP contribution in [-0.4, -0.2) is 110 Å². The fraction of sp³-hybridized carbons (Fsp3) is 0.367. The molecule has 0 radical (unpaired) electrons. The summed E-state index contributed by atoms with van der Waals surface area (Å²) in [7, 11) is 4.97. The smallest absolute Gasteiger partial charge is 0.255 e. The predicted octanol–water partition coefficient (Wildman–Crippen LogP) is 6.01. The molecular weight excluding hydrogens is 774 g/mol. The molecule has 0 bridgehead atoms. The van der Waals surface area contributed by atoms with E-state index >= 15 is 0 Å². The summed E-state index contributed by atoms with van der Waals surface area (Å²) in [4.78, 5) is 66.0. The maximum absolute atomic E-state index is 13.6. The highest BCUT2D eigenvalue weighted by molar-refractivity contribution is 6.03. The number of hydrogen-bond acceptors (Lipinski definition) is 9. The number of aromatic hydroxyl groups is 1. The second kappa shape index (κ2) is 18.7. The van der Waals surface area contributed by atoms with Crippen molar-refractivity contribution in [1.29, 1.82) is 0 Å². The highest BCUT2D eigenvalue weighted by Crippen LogP contribution is 2.45. The first-order chi connectivity index (χ1) is 29.5. The van der Waals surface area contributed by atoms with Gasteiger partial charge in [0.25, 0.3) is 5.91 Å². The molecule has 4 aromatic carbocycles. The second-order valence-corrected chi connectivity index (χ2v) is 16.9. The number of halogens is 1. The van der Waals surface area contributed by atoms with Crippen molar-refractivity contribution in [2.45, 2.75) is 57.2 Å². The zero-order valence-corrected chi connectivity index (χ0v) is 35.1. The minimum Gasteiger partial charge on any atom is -0.508 e. The van der Waals surface area contributed by atoms with E-state index in [2.05, 4.69) is 50.4 Å². The van der Waals surface area contributed by atoms with Gasteiger partial charge in [-0.3, -0.25) is 24.2 Å². The van der Waals surface area contributed by atoms with Gasteiger partial charge in [0.15, 0.2) is 6.29 Å². The van der Waals surface area contributed by atoms with Crippen LogP contribution in [0.3, 0.4) is 0 Å². The van der Waals surface area contributed by atoms with Gasteiger partial charge in [-0.1, -0.05) is 36.4 Å². The van der Waals surface area contributed by atoms with Gasteiger partial charge < -0.3 is 29.8 Å². The Morgan fingerprint density at radius 3 is 2.25 bits per heavy atom. The van der Waals surface area contributed by atoms with E-state index in [-0.39, 0.29) is 41.8 Å². The number of piperidine rings is 1. The predicted molar refractivity (Wildman–Crippen MR) is 233 cm³/mol. The van der Waals surface area contributed by atoms with Crippen LogP contribution in [0.25, 0.3) is 5.57 Å². The molecule has 2 fully saturated rings. The van der Waals surface area contributed by atoms with Gasteiger partial charge >= 0.3 is 0 Å². The number of fused-ring (bicyclic) bond motifs is 2. The molecule has 318 valence electrons. The molecule has 1 aliphatic carbocycles. The number of nitrogens with zero attached hydrogens (tertiary/aromatic N) is 4. The van der Waals surface area contributed by atoms with Crippen molar-refractivity contribution >= 4 is 41.9 Å². The van der Waals surface area contributed by atoms with E-state index in [1.54, 1.807) is 18.2 Å². The lowest BCUT2D eigenvalue weighted by Gasteiger charge is -2.54. The first kappa shape index (κ1) is 43.1. The van der Waals surface area contributed by atoms with Crippen LogP contribution in [0.2, 0.25) is 0 Å². The summed E-state index contributed by atoms with van der Waals surface area (Å²) in [5.41, 5.74) is 9.98. The van der Waals surface area contributed by atoms with E-state index in [9.17, 15) is 33.5 Å². The monoisotopic (exact) mass is 827 g/mol. The molecule has 61 heavy (non-hydrogen) atoms. The topological polar surface area (TPSA) is 131 Å². The van der Waals surface area contributed by atoms with Crippen molar-refractivity contribution in [3.05, 3.63) is 135 Å². The number of carbonyl (C=O) groups excluding carboxylic acids is 5. The summed E-state index contributed by atoms with van der Waals surface area (Å²) in [5.74, 6) is -0.671. The molecule has 8 rings (SSSR count). The van der Waals surface area contributed by atoms with Gasteiger partial charge in [-0.25, -0.2) is 4.39 Å². The summed E-state index contributed by atoms with van der Waals surface area (Å²) in [6, 6.07) is 24.0. The highest BCUT2D eigenvalue weighted by atomic mass is 19.1. The lowest BCUT2D eigenvalue weighted by molar-refractivity contribution is -0.125. The largest absolute Gasteiger partial charge is 0.508 e. The Morgan fingerprint density at radius 2 is 1.61 bits per heavy atom. The van der Waals surface area contributed by atoms with E-state index in [4.69, 9.17) is 0 Å². The molecule has 2 atom stereocenters. The van der Waals surface area contributed by atoms with Crippen molar-refractivity contribution in [1.82, 2.24) is 20.0 Å². The molecule has 2 amide bonds. The first-order valence-electron chi connectivity index (χ1n) is 21.0. The molecule has 0 aromatic heterocycles. The van der Waals surface area contributed by atoms with Crippen molar-refractivity contribution in [2.75, 3.05) is 58.8 Å². The van der Waals surface area contributed by atoms with Gasteiger partial charge in [-0.05, 0) is 126 Å². The molecule has 4 aromatic rings. The summed E-state index contributed by atoms with van der Waals surface area (Å²) >= 11 is 0. The average Bonchev–Trinajstić information content (AvgIpc) is 3.64. The Hall–Kier alpha value is -5.98. The van der Waals surface area contributed by atoms with Crippen molar-refractivity contribution < 1.29 is 33.5 Å². The molecule has 0 saturated carbocycles. The number of hydrogen-bond donors (Lipinski definition) is 2. The fourth-order valence-electron chi connectivity index (χ4n) is 9.56. The number of aldehydes is 3. The van der Waals surface area contributed by atoms with Gasteiger partial charge in [0.1, 0.15) is 30.2 Å². The Labute approximate surface area is 356 Å². The van der Waals surface area contributed by atoms with E-state index in [0.29, 0.717) is 30.4 Å².